The van der Waals surface area contributed by atoms with E-state index in [4.69, 9.17) is 23.2 Å². The highest BCUT2D eigenvalue weighted by Gasteiger charge is 2.21. The average Bonchev–Trinajstić information content (AvgIpc) is 2.92. The molecule has 8 heteroatoms. The van der Waals surface area contributed by atoms with E-state index in [0.717, 1.165) is 19.6 Å². The molecule has 0 bridgehead atoms. The SMILES string of the molecule is O=S(=O)(NCCCN1CCCC1)c1cc(Cl)cc(Cl)c1O. The van der Waals surface area contributed by atoms with E-state index in [-0.39, 0.29) is 14.9 Å². The second kappa shape index (κ2) is 7.15. The van der Waals surface area contributed by atoms with Gasteiger partial charge in [0.25, 0.3) is 0 Å². The molecule has 1 aliphatic rings. The first-order valence-electron chi connectivity index (χ1n) is 6.80. The Balaban J connectivity index is 1.95. The Kier molecular flexibility index (Phi) is 5.73. The fourth-order valence-corrected chi connectivity index (χ4v) is 4.17. The fourth-order valence-electron chi connectivity index (χ4n) is 2.34. The van der Waals surface area contributed by atoms with Gasteiger partial charge in [-0.2, -0.15) is 0 Å². The highest BCUT2D eigenvalue weighted by atomic mass is 35.5. The molecule has 0 amide bonds. The van der Waals surface area contributed by atoms with Gasteiger partial charge in [0.15, 0.2) is 5.75 Å². The summed E-state index contributed by atoms with van der Waals surface area (Å²) in [7, 11) is -3.82. The number of halogens is 2. The van der Waals surface area contributed by atoms with Crippen molar-refractivity contribution in [1.82, 2.24) is 9.62 Å². The molecule has 2 rings (SSSR count). The number of nitrogens with zero attached hydrogens (tertiary/aromatic N) is 1. The van der Waals surface area contributed by atoms with Gasteiger partial charge in [0, 0.05) is 11.6 Å². The quantitative estimate of drug-likeness (QED) is 0.771. The van der Waals surface area contributed by atoms with Crippen molar-refractivity contribution in [1.29, 1.82) is 0 Å². The van der Waals surface area contributed by atoms with Gasteiger partial charge in [-0.1, -0.05) is 23.2 Å². The number of aromatic hydroxyl groups is 1. The van der Waals surface area contributed by atoms with Crippen molar-refractivity contribution < 1.29 is 13.5 Å². The lowest BCUT2D eigenvalue weighted by Crippen LogP contribution is -2.28. The Morgan fingerprint density at radius 3 is 2.57 bits per heavy atom. The molecule has 0 aromatic heterocycles. The minimum absolute atomic E-state index is 0.0834. The van der Waals surface area contributed by atoms with Crippen molar-refractivity contribution >= 4 is 33.2 Å². The standard InChI is InChI=1S/C13H18Cl2N2O3S/c14-10-8-11(15)13(18)12(9-10)21(19,20)16-4-3-7-17-5-1-2-6-17/h8-9,16,18H,1-7H2. The Morgan fingerprint density at radius 1 is 1.24 bits per heavy atom. The molecule has 1 aliphatic heterocycles. The highest BCUT2D eigenvalue weighted by molar-refractivity contribution is 7.89. The number of rotatable bonds is 6. The predicted octanol–water partition coefficient (Wildman–Crippen LogP) is 2.46. The number of likely N-dealkylation sites (tertiary alicyclic amines) is 1. The van der Waals surface area contributed by atoms with E-state index in [1.807, 2.05) is 0 Å². The van der Waals surface area contributed by atoms with Crippen LogP contribution in [0.1, 0.15) is 19.3 Å². The summed E-state index contributed by atoms with van der Waals surface area (Å²) in [5, 5.41) is 9.85. The van der Waals surface area contributed by atoms with Gasteiger partial charge in [0.2, 0.25) is 10.0 Å². The Labute approximate surface area is 134 Å². The summed E-state index contributed by atoms with van der Waals surface area (Å²) < 4.78 is 26.8. The van der Waals surface area contributed by atoms with E-state index in [1.165, 1.54) is 25.0 Å². The van der Waals surface area contributed by atoms with Gasteiger partial charge in [-0.05, 0) is 51.0 Å². The van der Waals surface area contributed by atoms with Crippen LogP contribution in [0.15, 0.2) is 17.0 Å². The Morgan fingerprint density at radius 2 is 1.90 bits per heavy atom. The summed E-state index contributed by atoms with van der Waals surface area (Å²) in [5.74, 6) is -0.479. The van der Waals surface area contributed by atoms with Gasteiger partial charge < -0.3 is 10.0 Å². The second-order valence-corrected chi connectivity index (χ2v) is 7.61. The molecular weight excluding hydrogens is 335 g/mol. The van der Waals surface area contributed by atoms with Crippen molar-refractivity contribution in [3.8, 4) is 5.75 Å². The maximum Gasteiger partial charge on any atom is 0.244 e. The van der Waals surface area contributed by atoms with Gasteiger partial charge in [0.05, 0.1) is 5.02 Å². The van der Waals surface area contributed by atoms with Crippen molar-refractivity contribution in [3.05, 3.63) is 22.2 Å². The topological polar surface area (TPSA) is 69.6 Å². The van der Waals surface area contributed by atoms with E-state index in [2.05, 4.69) is 9.62 Å². The van der Waals surface area contributed by atoms with Crippen LogP contribution in [-0.4, -0.2) is 44.6 Å². The van der Waals surface area contributed by atoms with Crippen LogP contribution in [0.5, 0.6) is 5.75 Å². The summed E-state index contributed by atoms with van der Waals surface area (Å²) in [6, 6.07) is 2.48. The summed E-state index contributed by atoms with van der Waals surface area (Å²) in [6.45, 7) is 3.34. The van der Waals surface area contributed by atoms with E-state index in [9.17, 15) is 13.5 Å². The predicted molar refractivity (Wildman–Crippen MR) is 83.6 cm³/mol. The molecule has 0 aliphatic carbocycles. The number of phenolic OH excluding ortho intramolecular Hbond substituents is 1. The lowest BCUT2D eigenvalue weighted by atomic mass is 10.3. The van der Waals surface area contributed by atoms with E-state index >= 15 is 0 Å². The minimum atomic E-state index is -3.82. The third kappa shape index (κ3) is 4.47. The first-order chi connectivity index (χ1) is 9.90. The normalized spacial score (nSPS) is 16.5. The molecule has 1 aromatic carbocycles. The number of nitrogens with one attached hydrogen (secondary N) is 1. The van der Waals surface area contributed by atoms with Gasteiger partial charge >= 0.3 is 0 Å². The molecular formula is C13H18Cl2N2O3S. The first-order valence-corrected chi connectivity index (χ1v) is 9.04. The molecule has 1 aromatic rings. The molecule has 0 saturated carbocycles. The van der Waals surface area contributed by atoms with Crippen LogP contribution >= 0.6 is 23.2 Å². The van der Waals surface area contributed by atoms with E-state index < -0.39 is 15.8 Å². The molecule has 2 N–H and O–H groups in total. The molecule has 1 heterocycles. The summed E-state index contributed by atoms with van der Waals surface area (Å²) in [5.41, 5.74) is 0. The molecule has 118 valence electrons. The van der Waals surface area contributed by atoms with Crippen molar-refractivity contribution in [3.63, 3.8) is 0 Å². The van der Waals surface area contributed by atoms with Crippen LogP contribution < -0.4 is 4.72 Å². The minimum Gasteiger partial charge on any atom is -0.505 e. The first kappa shape index (κ1) is 16.8. The summed E-state index contributed by atoms with van der Waals surface area (Å²) in [4.78, 5) is 2.02. The summed E-state index contributed by atoms with van der Waals surface area (Å²) in [6.07, 6.45) is 3.13. The number of hydrogen-bond donors (Lipinski definition) is 2. The van der Waals surface area contributed by atoms with E-state index in [0.29, 0.717) is 13.0 Å². The van der Waals surface area contributed by atoms with Crippen molar-refractivity contribution in [2.75, 3.05) is 26.2 Å². The molecule has 1 fully saturated rings. The molecule has 0 spiro atoms. The van der Waals surface area contributed by atoms with Crippen molar-refractivity contribution in [2.24, 2.45) is 0 Å². The lowest BCUT2D eigenvalue weighted by Gasteiger charge is -2.14. The largest absolute Gasteiger partial charge is 0.505 e. The number of sulfonamides is 1. The zero-order valence-corrected chi connectivity index (χ0v) is 13.8. The van der Waals surface area contributed by atoms with Crippen LogP contribution in [0, 0.1) is 0 Å². The molecule has 5 nitrogen and oxygen atoms in total. The zero-order chi connectivity index (χ0) is 15.5. The molecule has 0 atom stereocenters. The maximum atomic E-state index is 12.2. The third-order valence-corrected chi connectivity index (χ3v) is 5.41. The number of hydrogen-bond acceptors (Lipinski definition) is 4. The van der Waals surface area contributed by atoms with Crippen LogP contribution in [0.4, 0.5) is 0 Å². The zero-order valence-electron chi connectivity index (χ0n) is 11.5. The smallest absolute Gasteiger partial charge is 0.244 e. The monoisotopic (exact) mass is 352 g/mol. The van der Waals surface area contributed by atoms with E-state index in [1.54, 1.807) is 0 Å². The summed E-state index contributed by atoms with van der Waals surface area (Å²) >= 11 is 11.5. The fraction of sp³-hybridized carbons (Fsp3) is 0.538. The van der Waals surface area contributed by atoms with Crippen LogP contribution in [0.25, 0.3) is 0 Å². The molecule has 0 unspecified atom stereocenters. The van der Waals surface area contributed by atoms with Gasteiger partial charge in [0.1, 0.15) is 4.90 Å². The average molecular weight is 353 g/mol. The van der Waals surface area contributed by atoms with Crippen molar-refractivity contribution in [2.45, 2.75) is 24.2 Å². The van der Waals surface area contributed by atoms with Gasteiger partial charge in [-0.15, -0.1) is 0 Å². The Bertz CT molecular complexity index is 602. The van der Waals surface area contributed by atoms with Crippen LogP contribution in [-0.2, 0) is 10.0 Å². The molecule has 0 radical (unpaired) electrons. The molecule has 1 saturated heterocycles. The van der Waals surface area contributed by atoms with Gasteiger partial charge in [-0.25, -0.2) is 13.1 Å². The van der Waals surface area contributed by atoms with Crippen LogP contribution in [0.3, 0.4) is 0 Å². The van der Waals surface area contributed by atoms with Crippen LogP contribution in [0.2, 0.25) is 10.0 Å². The number of phenols is 1. The highest BCUT2D eigenvalue weighted by Crippen LogP contribution is 2.33. The lowest BCUT2D eigenvalue weighted by molar-refractivity contribution is 0.334. The maximum absolute atomic E-state index is 12.2. The number of benzene rings is 1. The van der Waals surface area contributed by atoms with Gasteiger partial charge in [-0.3, -0.25) is 0 Å². The molecule has 21 heavy (non-hydrogen) atoms. The second-order valence-electron chi connectivity index (χ2n) is 5.03. The Hall–Kier alpha value is -0.530. The third-order valence-electron chi connectivity index (χ3n) is 3.42.